The molecule has 1 aromatic heterocycles. The zero-order chi connectivity index (χ0) is 12.4. The van der Waals surface area contributed by atoms with Crippen molar-refractivity contribution in [3.63, 3.8) is 0 Å². The molecule has 3 heterocycles. The van der Waals surface area contributed by atoms with E-state index in [1.807, 2.05) is 6.92 Å². The summed E-state index contributed by atoms with van der Waals surface area (Å²) in [5, 5.41) is 6.50. The first-order valence-corrected chi connectivity index (χ1v) is 7.50. The van der Waals surface area contributed by atoms with E-state index >= 15 is 0 Å². The number of hydrogen-bond acceptors (Lipinski definition) is 5. The van der Waals surface area contributed by atoms with E-state index in [1.165, 1.54) is 6.42 Å². The second-order valence-electron chi connectivity index (χ2n) is 5.20. The molecule has 0 amide bonds. The van der Waals surface area contributed by atoms with E-state index in [4.69, 9.17) is 9.47 Å². The SMILES string of the molecule is Cc1nc(COCC[C@H]2CCOC23CNC3)cs1. The summed E-state index contributed by atoms with van der Waals surface area (Å²) >= 11 is 1.68. The lowest BCUT2D eigenvalue weighted by Crippen LogP contribution is -2.62. The summed E-state index contributed by atoms with van der Waals surface area (Å²) in [5.41, 5.74) is 1.20. The smallest absolute Gasteiger partial charge is 0.0959 e. The molecule has 0 saturated carbocycles. The minimum Gasteiger partial charge on any atom is -0.375 e. The van der Waals surface area contributed by atoms with Crippen LogP contribution in [0.5, 0.6) is 0 Å². The summed E-state index contributed by atoms with van der Waals surface area (Å²) < 4.78 is 11.6. The predicted molar refractivity (Wildman–Crippen MR) is 70.8 cm³/mol. The number of rotatable bonds is 5. The Hall–Kier alpha value is -0.490. The largest absolute Gasteiger partial charge is 0.375 e. The normalized spacial score (nSPS) is 25.5. The van der Waals surface area contributed by atoms with Crippen molar-refractivity contribution in [2.75, 3.05) is 26.3 Å². The Kier molecular flexibility index (Phi) is 3.66. The highest BCUT2D eigenvalue weighted by molar-refractivity contribution is 7.09. The summed E-state index contributed by atoms with van der Waals surface area (Å²) in [6.45, 7) is 6.43. The lowest BCUT2D eigenvalue weighted by Gasteiger charge is -2.43. The summed E-state index contributed by atoms with van der Waals surface area (Å²) in [7, 11) is 0. The molecule has 0 radical (unpaired) electrons. The molecule has 100 valence electrons. The van der Waals surface area contributed by atoms with Crippen LogP contribution in [-0.2, 0) is 16.1 Å². The molecular formula is C13H20N2O2S. The predicted octanol–water partition coefficient (Wildman–Crippen LogP) is 1.74. The van der Waals surface area contributed by atoms with E-state index < -0.39 is 0 Å². The van der Waals surface area contributed by atoms with Crippen molar-refractivity contribution in [1.29, 1.82) is 0 Å². The molecule has 2 aliphatic heterocycles. The average Bonchev–Trinajstić information content (AvgIpc) is 2.90. The van der Waals surface area contributed by atoms with Crippen molar-refractivity contribution in [3.8, 4) is 0 Å². The third-order valence-electron chi connectivity index (χ3n) is 3.98. The first-order valence-electron chi connectivity index (χ1n) is 6.62. The lowest BCUT2D eigenvalue weighted by molar-refractivity contribution is -0.0675. The first kappa shape index (κ1) is 12.5. The van der Waals surface area contributed by atoms with Crippen LogP contribution in [0.4, 0.5) is 0 Å². The fourth-order valence-electron chi connectivity index (χ4n) is 2.83. The maximum Gasteiger partial charge on any atom is 0.0959 e. The first-order chi connectivity index (χ1) is 8.78. The summed E-state index contributed by atoms with van der Waals surface area (Å²) in [5.74, 6) is 0.663. The second kappa shape index (κ2) is 5.25. The Labute approximate surface area is 112 Å². The molecule has 18 heavy (non-hydrogen) atoms. The van der Waals surface area contributed by atoms with E-state index in [9.17, 15) is 0 Å². The van der Waals surface area contributed by atoms with E-state index in [1.54, 1.807) is 11.3 Å². The third kappa shape index (κ3) is 2.45. The molecule has 3 rings (SSSR count). The van der Waals surface area contributed by atoms with Crippen LogP contribution in [0.25, 0.3) is 0 Å². The average molecular weight is 268 g/mol. The monoisotopic (exact) mass is 268 g/mol. The van der Waals surface area contributed by atoms with Crippen LogP contribution in [0, 0.1) is 12.8 Å². The van der Waals surface area contributed by atoms with Crippen molar-refractivity contribution in [2.45, 2.75) is 32.0 Å². The van der Waals surface area contributed by atoms with Gasteiger partial charge in [-0.2, -0.15) is 0 Å². The van der Waals surface area contributed by atoms with Crippen molar-refractivity contribution in [1.82, 2.24) is 10.3 Å². The van der Waals surface area contributed by atoms with Gasteiger partial charge >= 0.3 is 0 Å². The van der Waals surface area contributed by atoms with Gasteiger partial charge in [-0.05, 0) is 25.7 Å². The van der Waals surface area contributed by atoms with Gasteiger partial charge in [0.1, 0.15) is 0 Å². The van der Waals surface area contributed by atoms with Gasteiger partial charge < -0.3 is 14.8 Å². The van der Waals surface area contributed by atoms with E-state index in [0.717, 1.165) is 43.4 Å². The van der Waals surface area contributed by atoms with Gasteiger partial charge in [-0.3, -0.25) is 0 Å². The van der Waals surface area contributed by atoms with Gasteiger partial charge in [-0.15, -0.1) is 11.3 Å². The van der Waals surface area contributed by atoms with Crippen molar-refractivity contribution >= 4 is 11.3 Å². The van der Waals surface area contributed by atoms with Crippen LogP contribution in [0.2, 0.25) is 0 Å². The van der Waals surface area contributed by atoms with Gasteiger partial charge in [0.2, 0.25) is 0 Å². The van der Waals surface area contributed by atoms with Crippen LogP contribution in [-0.4, -0.2) is 36.9 Å². The van der Waals surface area contributed by atoms with E-state index in [0.29, 0.717) is 12.5 Å². The number of aryl methyl sites for hydroxylation is 1. The van der Waals surface area contributed by atoms with Gasteiger partial charge in [0.15, 0.2) is 0 Å². The highest BCUT2D eigenvalue weighted by Crippen LogP contribution is 2.37. The lowest BCUT2D eigenvalue weighted by atomic mass is 9.81. The molecule has 4 nitrogen and oxygen atoms in total. The zero-order valence-corrected chi connectivity index (χ0v) is 11.6. The Balaban J connectivity index is 1.39. The molecule has 1 N–H and O–H groups in total. The summed E-state index contributed by atoms with van der Waals surface area (Å²) in [6.07, 6.45) is 2.28. The van der Waals surface area contributed by atoms with Crippen LogP contribution < -0.4 is 5.32 Å². The second-order valence-corrected chi connectivity index (χ2v) is 6.26. The van der Waals surface area contributed by atoms with Gasteiger partial charge in [-0.1, -0.05) is 0 Å². The van der Waals surface area contributed by atoms with Crippen LogP contribution >= 0.6 is 11.3 Å². The number of thiazole rings is 1. The summed E-state index contributed by atoms with van der Waals surface area (Å²) in [4.78, 5) is 4.39. The standard InChI is InChI=1S/C13H20N2O2S/c1-10-15-12(7-18-10)6-16-4-2-11-3-5-17-13(11)8-14-9-13/h7,11,14H,2-6,8-9H2,1H3/t11-/m0/s1. The zero-order valence-electron chi connectivity index (χ0n) is 10.8. The highest BCUT2D eigenvalue weighted by atomic mass is 32.1. The van der Waals surface area contributed by atoms with Gasteiger partial charge in [0.25, 0.3) is 0 Å². The molecule has 2 saturated heterocycles. The maximum absolute atomic E-state index is 5.88. The molecule has 0 bridgehead atoms. The molecule has 0 unspecified atom stereocenters. The number of nitrogens with zero attached hydrogens (tertiary/aromatic N) is 1. The molecule has 5 heteroatoms. The van der Waals surface area contributed by atoms with Gasteiger partial charge in [0, 0.05) is 31.7 Å². The van der Waals surface area contributed by atoms with Crippen LogP contribution in [0.1, 0.15) is 23.5 Å². The number of aromatic nitrogens is 1. The Bertz CT molecular complexity index is 403. The minimum absolute atomic E-state index is 0.139. The molecule has 0 aromatic carbocycles. The maximum atomic E-state index is 5.88. The number of hydrogen-bond donors (Lipinski definition) is 1. The molecule has 1 aromatic rings. The molecule has 2 fully saturated rings. The molecule has 2 aliphatic rings. The Morgan fingerprint density at radius 1 is 1.61 bits per heavy atom. The highest BCUT2D eigenvalue weighted by Gasteiger charge is 2.48. The third-order valence-corrected chi connectivity index (χ3v) is 4.80. The molecule has 1 spiro atoms. The van der Waals surface area contributed by atoms with E-state index in [2.05, 4.69) is 15.7 Å². The van der Waals surface area contributed by atoms with Crippen LogP contribution in [0.3, 0.4) is 0 Å². The van der Waals surface area contributed by atoms with Crippen molar-refractivity contribution < 1.29 is 9.47 Å². The topological polar surface area (TPSA) is 43.4 Å². The van der Waals surface area contributed by atoms with Gasteiger partial charge in [0.05, 0.1) is 22.9 Å². The van der Waals surface area contributed by atoms with Gasteiger partial charge in [-0.25, -0.2) is 4.98 Å². The van der Waals surface area contributed by atoms with E-state index in [-0.39, 0.29) is 5.60 Å². The van der Waals surface area contributed by atoms with Crippen molar-refractivity contribution in [3.05, 3.63) is 16.1 Å². The quantitative estimate of drug-likeness (QED) is 0.826. The summed E-state index contributed by atoms with van der Waals surface area (Å²) in [6, 6.07) is 0. The Morgan fingerprint density at radius 3 is 3.17 bits per heavy atom. The fourth-order valence-corrected chi connectivity index (χ4v) is 3.43. The minimum atomic E-state index is 0.139. The van der Waals surface area contributed by atoms with Crippen molar-refractivity contribution in [2.24, 2.45) is 5.92 Å². The Morgan fingerprint density at radius 2 is 2.50 bits per heavy atom. The molecule has 0 aliphatic carbocycles. The fraction of sp³-hybridized carbons (Fsp3) is 0.769. The number of nitrogens with one attached hydrogen (secondary N) is 1. The molecular weight excluding hydrogens is 248 g/mol. The molecule has 1 atom stereocenters. The van der Waals surface area contributed by atoms with Crippen LogP contribution in [0.15, 0.2) is 5.38 Å². The number of ether oxygens (including phenoxy) is 2.